The lowest BCUT2D eigenvalue weighted by Crippen LogP contribution is -2.37. The summed E-state index contributed by atoms with van der Waals surface area (Å²) in [5.41, 5.74) is 1.54. The van der Waals surface area contributed by atoms with Crippen molar-refractivity contribution in [1.82, 2.24) is 9.21 Å². The zero-order chi connectivity index (χ0) is 23.3. The molecule has 1 fully saturated rings. The first kappa shape index (κ1) is 24.4. The lowest BCUT2D eigenvalue weighted by atomic mass is 10.1. The van der Waals surface area contributed by atoms with Gasteiger partial charge in [-0.2, -0.15) is 4.31 Å². The van der Waals surface area contributed by atoms with Crippen LogP contribution in [0.2, 0.25) is 0 Å². The number of ether oxygens (including phenoxy) is 1. The first-order chi connectivity index (χ1) is 15.3. The van der Waals surface area contributed by atoms with E-state index < -0.39 is 10.0 Å². The van der Waals surface area contributed by atoms with E-state index in [1.54, 1.807) is 49.9 Å². The van der Waals surface area contributed by atoms with Gasteiger partial charge in [-0.25, -0.2) is 12.8 Å². The Morgan fingerprint density at radius 1 is 1.16 bits per heavy atom. The highest BCUT2D eigenvalue weighted by molar-refractivity contribution is 7.89. The smallest absolute Gasteiger partial charge is 0.254 e. The van der Waals surface area contributed by atoms with Gasteiger partial charge in [0.15, 0.2) is 0 Å². The fraction of sp³-hybridized carbons (Fsp3) is 0.458. The van der Waals surface area contributed by atoms with Gasteiger partial charge in [0.2, 0.25) is 10.0 Å². The molecule has 8 heteroatoms. The monoisotopic (exact) mass is 462 g/mol. The number of hydrogen-bond acceptors (Lipinski definition) is 4. The Bertz CT molecular complexity index is 1050. The summed E-state index contributed by atoms with van der Waals surface area (Å²) in [6.07, 6.45) is 1.70. The minimum absolute atomic E-state index is 0.0863. The molecule has 0 N–H and O–H groups in total. The van der Waals surface area contributed by atoms with Crippen LogP contribution in [0.3, 0.4) is 0 Å². The quantitative estimate of drug-likeness (QED) is 0.565. The summed E-state index contributed by atoms with van der Waals surface area (Å²) in [5.74, 6) is -0.671. The molecule has 0 radical (unpaired) electrons. The molecule has 2 aromatic rings. The molecule has 6 nitrogen and oxygen atoms in total. The van der Waals surface area contributed by atoms with E-state index in [1.807, 2.05) is 0 Å². The number of rotatable bonds is 9. The van der Waals surface area contributed by atoms with E-state index in [9.17, 15) is 17.6 Å². The minimum atomic E-state index is -3.71. The second-order valence-electron chi connectivity index (χ2n) is 8.02. The predicted octanol–water partition coefficient (Wildman–Crippen LogP) is 3.99. The molecule has 0 spiro atoms. The van der Waals surface area contributed by atoms with E-state index in [2.05, 4.69) is 0 Å². The summed E-state index contributed by atoms with van der Waals surface area (Å²) < 4.78 is 47.0. The van der Waals surface area contributed by atoms with E-state index in [4.69, 9.17) is 4.74 Å². The standard InChI is InChI=1S/C24H31FN2O4S/c1-4-27(5-2)32(29,30)23-15-20(12-11-18(23)3)24(28)26(17-22-10-7-13-31-22)16-19-8-6-9-21(25)14-19/h6,8-9,11-12,14-15,22H,4-5,7,10,13,16-17H2,1-3H3. The van der Waals surface area contributed by atoms with E-state index >= 15 is 0 Å². The first-order valence-electron chi connectivity index (χ1n) is 11.0. The molecular weight excluding hydrogens is 431 g/mol. The average Bonchev–Trinajstić information content (AvgIpc) is 3.27. The summed E-state index contributed by atoms with van der Waals surface area (Å²) >= 11 is 0. The van der Waals surface area contributed by atoms with Crippen molar-refractivity contribution in [3.63, 3.8) is 0 Å². The van der Waals surface area contributed by atoms with Gasteiger partial charge in [0.1, 0.15) is 5.82 Å². The van der Waals surface area contributed by atoms with Crippen molar-refractivity contribution < 1.29 is 22.3 Å². The SMILES string of the molecule is CCN(CC)S(=O)(=O)c1cc(C(=O)N(Cc2cccc(F)c2)CC2CCCO2)ccc1C. The molecule has 0 aromatic heterocycles. The van der Waals surface area contributed by atoms with Gasteiger partial charge >= 0.3 is 0 Å². The molecule has 1 aliphatic rings. The maximum atomic E-state index is 13.7. The largest absolute Gasteiger partial charge is 0.376 e. The number of carbonyl (C=O) groups is 1. The molecule has 32 heavy (non-hydrogen) atoms. The number of sulfonamides is 1. The molecule has 2 aromatic carbocycles. The fourth-order valence-corrected chi connectivity index (χ4v) is 5.71. The topological polar surface area (TPSA) is 66.9 Å². The normalized spacial score (nSPS) is 16.5. The molecule has 1 atom stereocenters. The molecule has 0 aliphatic carbocycles. The second kappa shape index (κ2) is 10.6. The molecule has 0 saturated carbocycles. The first-order valence-corrected chi connectivity index (χ1v) is 12.5. The Kier molecular flexibility index (Phi) is 8.03. The summed E-state index contributed by atoms with van der Waals surface area (Å²) in [7, 11) is -3.71. The summed E-state index contributed by atoms with van der Waals surface area (Å²) in [6, 6.07) is 10.9. The highest BCUT2D eigenvalue weighted by Gasteiger charge is 2.27. The third-order valence-electron chi connectivity index (χ3n) is 5.76. The van der Waals surface area contributed by atoms with Gasteiger partial charge in [-0.05, 0) is 55.2 Å². The maximum absolute atomic E-state index is 13.7. The lowest BCUT2D eigenvalue weighted by molar-refractivity contribution is 0.0507. The van der Waals surface area contributed by atoms with Crippen LogP contribution < -0.4 is 0 Å². The number of benzene rings is 2. The van der Waals surface area contributed by atoms with Crippen LogP contribution in [0.15, 0.2) is 47.4 Å². The van der Waals surface area contributed by atoms with Gasteiger partial charge in [-0.15, -0.1) is 0 Å². The van der Waals surface area contributed by atoms with Crippen molar-refractivity contribution >= 4 is 15.9 Å². The van der Waals surface area contributed by atoms with Crippen LogP contribution in [0.5, 0.6) is 0 Å². The van der Waals surface area contributed by atoms with Crippen LogP contribution in [0.4, 0.5) is 4.39 Å². The van der Waals surface area contributed by atoms with Crippen LogP contribution >= 0.6 is 0 Å². The van der Waals surface area contributed by atoms with Crippen molar-refractivity contribution in [2.75, 3.05) is 26.2 Å². The lowest BCUT2D eigenvalue weighted by Gasteiger charge is -2.26. The molecule has 0 bridgehead atoms. The molecule has 174 valence electrons. The highest BCUT2D eigenvalue weighted by Crippen LogP contribution is 2.24. The number of nitrogens with zero attached hydrogens (tertiary/aromatic N) is 2. The number of halogens is 1. The maximum Gasteiger partial charge on any atom is 0.254 e. The van der Waals surface area contributed by atoms with E-state index in [-0.39, 0.29) is 34.8 Å². The molecular formula is C24H31FN2O4S. The zero-order valence-electron chi connectivity index (χ0n) is 18.9. The van der Waals surface area contributed by atoms with E-state index in [0.29, 0.717) is 37.4 Å². The van der Waals surface area contributed by atoms with Gasteiger partial charge < -0.3 is 9.64 Å². The third-order valence-corrected chi connectivity index (χ3v) is 7.95. The number of aryl methyl sites for hydroxylation is 1. The van der Waals surface area contributed by atoms with Gasteiger partial charge in [-0.1, -0.05) is 32.0 Å². The van der Waals surface area contributed by atoms with Gasteiger partial charge in [0, 0.05) is 38.3 Å². The number of hydrogen-bond donors (Lipinski definition) is 0. The summed E-state index contributed by atoms with van der Waals surface area (Å²) in [4.78, 5) is 15.2. The molecule has 1 saturated heterocycles. The van der Waals surface area contributed by atoms with E-state index in [0.717, 1.165) is 12.8 Å². The zero-order valence-corrected chi connectivity index (χ0v) is 19.7. The molecule has 1 amide bonds. The van der Waals surface area contributed by atoms with Crippen molar-refractivity contribution in [2.45, 2.75) is 51.2 Å². The van der Waals surface area contributed by atoms with Crippen LogP contribution in [0, 0.1) is 12.7 Å². The Hall–Kier alpha value is -2.29. The second-order valence-corrected chi connectivity index (χ2v) is 9.93. The average molecular weight is 463 g/mol. The van der Waals surface area contributed by atoms with Gasteiger partial charge in [-0.3, -0.25) is 4.79 Å². The van der Waals surface area contributed by atoms with Crippen LogP contribution in [-0.4, -0.2) is 55.9 Å². The Balaban J connectivity index is 1.94. The molecule has 1 heterocycles. The molecule has 1 aliphatic heterocycles. The van der Waals surface area contributed by atoms with Crippen molar-refractivity contribution in [2.24, 2.45) is 0 Å². The predicted molar refractivity (Wildman–Crippen MR) is 121 cm³/mol. The summed E-state index contributed by atoms with van der Waals surface area (Å²) in [6.45, 7) is 7.22. The number of amides is 1. The molecule has 1 unspecified atom stereocenters. The third kappa shape index (κ3) is 5.54. The summed E-state index contributed by atoms with van der Waals surface area (Å²) in [5, 5.41) is 0. The number of carbonyl (C=O) groups excluding carboxylic acids is 1. The van der Waals surface area contributed by atoms with E-state index in [1.165, 1.54) is 22.5 Å². The van der Waals surface area contributed by atoms with Gasteiger partial charge in [0.05, 0.1) is 11.0 Å². The highest BCUT2D eigenvalue weighted by atomic mass is 32.2. The van der Waals surface area contributed by atoms with Crippen molar-refractivity contribution in [3.05, 3.63) is 65.0 Å². The Morgan fingerprint density at radius 2 is 1.91 bits per heavy atom. The van der Waals surface area contributed by atoms with Crippen molar-refractivity contribution in [3.8, 4) is 0 Å². The Labute approximate surface area is 190 Å². The molecule has 3 rings (SSSR count). The van der Waals surface area contributed by atoms with Crippen LogP contribution in [-0.2, 0) is 21.3 Å². The minimum Gasteiger partial charge on any atom is -0.376 e. The fourth-order valence-electron chi connectivity index (χ4n) is 4.01. The van der Waals surface area contributed by atoms with Crippen molar-refractivity contribution in [1.29, 1.82) is 0 Å². The Morgan fingerprint density at radius 3 is 2.53 bits per heavy atom. The van der Waals surface area contributed by atoms with Crippen LogP contribution in [0.25, 0.3) is 0 Å². The van der Waals surface area contributed by atoms with Crippen LogP contribution in [0.1, 0.15) is 48.2 Å². The van der Waals surface area contributed by atoms with Gasteiger partial charge in [0.25, 0.3) is 5.91 Å².